The minimum absolute atomic E-state index is 0.0504. The van der Waals surface area contributed by atoms with E-state index in [9.17, 15) is 9.59 Å². The van der Waals surface area contributed by atoms with Gasteiger partial charge in [-0.05, 0) is 127 Å². The van der Waals surface area contributed by atoms with Gasteiger partial charge < -0.3 is 15.8 Å². The van der Waals surface area contributed by atoms with Gasteiger partial charge in [-0.1, -0.05) is 52.3 Å². The van der Waals surface area contributed by atoms with Crippen LogP contribution in [0.25, 0.3) is 5.57 Å². The summed E-state index contributed by atoms with van der Waals surface area (Å²) in [5, 5.41) is 3.28. The first-order valence-corrected chi connectivity index (χ1v) is 15.4. The van der Waals surface area contributed by atoms with Crippen LogP contribution in [0.5, 0.6) is 0 Å². The Morgan fingerprint density at radius 3 is 2.31 bits per heavy atom. The zero-order valence-corrected chi connectivity index (χ0v) is 24.6. The summed E-state index contributed by atoms with van der Waals surface area (Å²) in [6.45, 7) is 10.2. The molecule has 4 fully saturated rings. The second-order valence-corrected chi connectivity index (χ2v) is 14.8. The largest absolute Gasteiger partial charge is 0.465 e. The number of rotatable bonds is 3. The van der Waals surface area contributed by atoms with E-state index in [1.54, 1.807) is 0 Å². The van der Waals surface area contributed by atoms with E-state index in [-0.39, 0.29) is 28.4 Å². The van der Waals surface area contributed by atoms with E-state index in [1.807, 2.05) is 12.1 Å². The number of primary amides is 1. The molecule has 5 nitrogen and oxygen atoms in total. The van der Waals surface area contributed by atoms with Crippen molar-refractivity contribution in [3.8, 4) is 0 Å². The molecular weight excluding hydrogens is 484 g/mol. The van der Waals surface area contributed by atoms with Crippen LogP contribution in [-0.4, -0.2) is 24.6 Å². The van der Waals surface area contributed by atoms with Gasteiger partial charge in [0.25, 0.3) is 0 Å². The molecule has 8 atom stereocenters. The molecule has 212 valence electrons. The maximum Gasteiger partial charge on any atom is 0.337 e. The highest BCUT2D eigenvalue weighted by Gasteiger charge is 2.65. The summed E-state index contributed by atoms with van der Waals surface area (Å²) in [6, 6.07) is 7.70. The van der Waals surface area contributed by atoms with Crippen LogP contribution in [-0.2, 0) is 4.74 Å². The number of hydrogen-bond donors (Lipinski definition) is 2. The smallest absolute Gasteiger partial charge is 0.337 e. The Kier molecular flexibility index (Phi) is 6.28. The monoisotopic (exact) mass is 532 g/mol. The molecule has 0 heterocycles. The first-order valence-electron chi connectivity index (χ1n) is 15.4. The third kappa shape index (κ3) is 3.84. The molecule has 6 rings (SSSR count). The molecule has 1 aromatic carbocycles. The second-order valence-electron chi connectivity index (χ2n) is 14.8. The zero-order chi connectivity index (χ0) is 27.8. The molecular formula is C34H48N2O3. The topological polar surface area (TPSA) is 81.4 Å². The number of carbonyl (C=O) groups excluding carboxylic acids is 2. The molecule has 0 aliphatic heterocycles. The molecule has 2 amide bonds. The van der Waals surface area contributed by atoms with Crippen molar-refractivity contribution < 1.29 is 14.3 Å². The number of esters is 1. The summed E-state index contributed by atoms with van der Waals surface area (Å²) in [5.74, 6) is 3.13. The van der Waals surface area contributed by atoms with Gasteiger partial charge >= 0.3 is 12.0 Å². The van der Waals surface area contributed by atoms with Crippen molar-refractivity contribution in [3.63, 3.8) is 0 Å². The molecule has 0 bridgehead atoms. The lowest BCUT2D eigenvalue weighted by Gasteiger charge is -2.68. The predicted molar refractivity (Wildman–Crippen MR) is 155 cm³/mol. The molecule has 0 radical (unpaired) electrons. The fraction of sp³-hybridized carbons (Fsp3) is 0.706. The number of ether oxygens (including phenoxy) is 1. The predicted octanol–water partition coefficient (Wildman–Crippen LogP) is 7.35. The van der Waals surface area contributed by atoms with Crippen LogP contribution >= 0.6 is 0 Å². The summed E-state index contributed by atoms with van der Waals surface area (Å²) < 4.78 is 4.91. The number of benzene rings is 1. The molecule has 4 saturated carbocycles. The molecule has 0 saturated heterocycles. The Morgan fingerprint density at radius 2 is 1.62 bits per heavy atom. The lowest BCUT2D eigenvalue weighted by Crippen LogP contribution is -2.64. The van der Waals surface area contributed by atoms with Crippen molar-refractivity contribution in [1.29, 1.82) is 0 Å². The van der Waals surface area contributed by atoms with Gasteiger partial charge in [-0.15, -0.1) is 0 Å². The fourth-order valence-electron chi connectivity index (χ4n) is 11.7. The number of hydrogen-bond acceptors (Lipinski definition) is 3. The van der Waals surface area contributed by atoms with Crippen molar-refractivity contribution >= 4 is 17.6 Å². The summed E-state index contributed by atoms with van der Waals surface area (Å²) in [6.07, 6.45) is 14.7. The van der Waals surface area contributed by atoms with Gasteiger partial charge in [0.1, 0.15) is 0 Å². The van der Waals surface area contributed by atoms with Crippen molar-refractivity contribution in [3.05, 3.63) is 41.5 Å². The molecule has 1 aromatic rings. The SMILES string of the molecule is COC(=O)c1ccc(C2=CCC3(C)C(CCC4(C)C5CCC6(NC(N)=O)CCCC6C5CCC43)C2(C)C)cc1. The summed E-state index contributed by atoms with van der Waals surface area (Å²) in [7, 11) is 1.43. The summed E-state index contributed by atoms with van der Waals surface area (Å²) in [5.41, 5.74) is 9.63. The maximum atomic E-state index is 12.0. The highest BCUT2D eigenvalue weighted by Crippen LogP contribution is 2.72. The quantitative estimate of drug-likeness (QED) is 0.399. The average molecular weight is 533 g/mol. The minimum atomic E-state index is -0.333. The minimum Gasteiger partial charge on any atom is -0.465 e. The molecule has 8 unspecified atom stereocenters. The van der Waals surface area contributed by atoms with Crippen molar-refractivity contribution in [1.82, 2.24) is 5.32 Å². The number of allylic oxidation sites excluding steroid dienone is 2. The number of methoxy groups -OCH3 is 1. The van der Waals surface area contributed by atoms with Crippen LogP contribution in [0.3, 0.4) is 0 Å². The van der Waals surface area contributed by atoms with E-state index in [0.29, 0.717) is 28.7 Å². The Hall–Kier alpha value is -2.30. The number of nitrogens with one attached hydrogen (secondary N) is 1. The van der Waals surface area contributed by atoms with E-state index >= 15 is 0 Å². The number of amides is 2. The van der Waals surface area contributed by atoms with Gasteiger partial charge in [0.15, 0.2) is 0 Å². The zero-order valence-electron chi connectivity index (χ0n) is 24.6. The van der Waals surface area contributed by atoms with E-state index in [4.69, 9.17) is 10.5 Å². The Balaban J connectivity index is 1.29. The van der Waals surface area contributed by atoms with E-state index in [1.165, 1.54) is 63.2 Å². The average Bonchev–Trinajstić information content (AvgIpc) is 3.31. The lowest BCUT2D eigenvalue weighted by molar-refractivity contribution is -0.172. The van der Waals surface area contributed by atoms with E-state index in [0.717, 1.165) is 31.1 Å². The number of nitrogens with two attached hydrogens (primary N) is 1. The Bertz CT molecular complexity index is 1190. The molecule has 5 aliphatic carbocycles. The molecule has 0 spiro atoms. The molecule has 39 heavy (non-hydrogen) atoms. The van der Waals surface area contributed by atoms with Crippen LogP contribution in [0.2, 0.25) is 0 Å². The van der Waals surface area contributed by atoms with Gasteiger partial charge in [0.2, 0.25) is 0 Å². The maximum absolute atomic E-state index is 12.0. The van der Waals surface area contributed by atoms with Gasteiger partial charge in [0, 0.05) is 5.54 Å². The highest BCUT2D eigenvalue weighted by molar-refractivity contribution is 5.90. The highest BCUT2D eigenvalue weighted by atomic mass is 16.5. The first-order chi connectivity index (χ1) is 18.5. The molecule has 5 aliphatic rings. The van der Waals surface area contributed by atoms with Crippen LogP contribution in [0, 0.1) is 45.8 Å². The Labute approximate surface area is 234 Å². The standard InChI is InChI=1S/C34H48N2O3/c1-31(2)24(21-8-10-22(11-9-21)29(37)39-5)14-18-33(4)27(31)16-19-32(3)25-15-20-34(36-30(35)38)17-6-7-26(34)23(25)12-13-28(32)33/h8-11,14,23,25-28H,6-7,12-13,15-20H2,1-5H3,(H3,35,36,38). The van der Waals surface area contributed by atoms with Crippen molar-refractivity contribution in [2.45, 2.75) is 97.4 Å². The van der Waals surface area contributed by atoms with Gasteiger partial charge in [-0.3, -0.25) is 0 Å². The number of fused-ring (bicyclic) bond motifs is 7. The van der Waals surface area contributed by atoms with Crippen LogP contribution in [0.1, 0.15) is 108 Å². The second kappa shape index (κ2) is 9.11. The molecule has 5 heteroatoms. The number of urea groups is 1. The van der Waals surface area contributed by atoms with Crippen molar-refractivity contribution in [2.24, 2.45) is 51.6 Å². The Morgan fingerprint density at radius 1 is 0.872 bits per heavy atom. The van der Waals surface area contributed by atoms with Gasteiger partial charge in [-0.2, -0.15) is 0 Å². The normalized spacial score (nSPS) is 42.2. The fourth-order valence-corrected chi connectivity index (χ4v) is 11.7. The third-order valence-corrected chi connectivity index (χ3v) is 13.1. The first kappa shape index (κ1) is 26.9. The van der Waals surface area contributed by atoms with Crippen LogP contribution in [0.15, 0.2) is 30.3 Å². The van der Waals surface area contributed by atoms with E-state index < -0.39 is 0 Å². The molecule has 0 aromatic heterocycles. The summed E-state index contributed by atoms with van der Waals surface area (Å²) >= 11 is 0. The van der Waals surface area contributed by atoms with Crippen molar-refractivity contribution in [2.75, 3.05) is 7.11 Å². The van der Waals surface area contributed by atoms with Crippen LogP contribution < -0.4 is 11.1 Å². The summed E-state index contributed by atoms with van der Waals surface area (Å²) in [4.78, 5) is 24.0. The van der Waals surface area contributed by atoms with Gasteiger partial charge in [0.05, 0.1) is 12.7 Å². The van der Waals surface area contributed by atoms with E-state index in [2.05, 4.69) is 51.2 Å². The van der Waals surface area contributed by atoms with Gasteiger partial charge in [-0.25, -0.2) is 9.59 Å². The molecule has 3 N–H and O–H groups in total. The number of carbonyl (C=O) groups is 2. The van der Waals surface area contributed by atoms with Crippen LogP contribution in [0.4, 0.5) is 4.79 Å². The third-order valence-electron chi connectivity index (χ3n) is 13.1. The lowest BCUT2D eigenvalue weighted by atomic mass is 9.37.